The van der Waals surface area contributed by atoms with Crippen molar-refractivity contribution in [1.82, 2.24) is 20.3 Å². The van der Waals surface area contributed by atoms with Crippen LogP contribution in [-0.2, 0) is 24.3 Å². The highest BCUT2D eigenvalue weighted by Gasteiger charge is 2.27. The molecule has 138 valence electrons. The molecule has 0 bridgehead atoms. The third-order valence-electron chi connectivity index (χ3n) is 4.60. The van der Waals surface area contributed by atoms with Gasteiger partial charge in [0.2, 0.25) is 0 Å². The summed E-state index contributed by atoms with van der Waals surface area (Å²) in [7, 11) is 0. The van der Waals surface area contributed by atoms with E-state index in [0.717, 1.165) is 17.5 Å². The van der Waals surface area contributed by atoms with Crippen LogP contribution >= 0.6 is 0 Å². The van der Waals surface area contributed by atoms with Crippen molar-refractivity contribution >= 4 is 5.91 Å². The third kappa shape index (κ3) is 3.88. The van der Waals surface area contributed by atoms with Crippen LogP contribution in [0, 0.1) is 5.82 Å². The zero-order chi connectivity index (χ0) is 18.6. The molecule has 0 spiro atoms. The number of nitrogens with one attached hydrogen (secondary N) is 1. The van der Waals surface area contributed by atoms with Crippen LogP contribution in [-0.4, -0.2) is 27.4 Å². The predicted molar refractivity (Wildman–Crippen MR) is 96.4 cm³/mol. The highest BCUT2D eigenvalue weighted by atomic mass is 19.1. The average molecular weight is 366 g/mol. The van der Waals surface area contributed by atoms with E-state index in [1.807, 2.05) is 30.3 Å². The summed E-state index contributed by atoms with van der Waals surface area (Å²) in [6.45, 7) is 1.19. The molecule has 0 saturated carbocycles. The van der Waals surface area contributed by atoms with Crippen molar-refractivity contribution in [3.8, 4) is 0 Å². The predicted octanol–water partition coefficient (Wildman–Crippen LogP) is 2.66. The molecular formula is C20H19FN4O2. The van der Waals surface area contributed by atoms with Gasteiger partial charge in [-0.25, -0.2) is 9.07 Å². The van der Waals surface area contributed by atoms with Crippen molar-refractivity contribution in [2.24, 2.45) is 0 Å². The summed E-state index contributed by atoms with van der Waals surface area (Å²) in [5.41, 5.74) is 2.98. The molecule has 4 rings (SSSR count). The Bertz CT molecular complexity index is 925. The van der Waals surface area contributed by atoms with E-state index in [4.69, 9.17) is 4.74 Å². The lowest BCUT2D eigenvalue weighted by Crippen LogP contribution is -2.29. The zero-order valence-corrected chi connectivity index (χ0v) is 14.6. The number of aromatic nitrogens is 3. The maximum Gasteiger partial charge on any atom is 0.273 e. The molecule has 3 aromatic rings. The minimum absolute atomic E-state index is 0.233. The van der Waals surface area contributed by atoms with Gasteiger partial charge in [0.25, 0.3) is 5.91 Å². The monoisotopic (exact) mass is 366 g/mol. The lowest BCUT2D eigenvalue weighted by molar-refractivity contribution is -0.00180. The third-order valence-corrected chi connectivity index (χ3v) is 4.60. The summed E-state index contributed by atoms with van der Waals surface area (Å²) in [4.78, 5) is 12.4. The fourth-order valence-corrected chi connectivity index (χ4v) is 3.12. The average Bonchev–Trinajstić information content (AvgIpc) is 3.12. The van der Waals surface area contributed by atoms with Gasteiger partial charge in [0, 0.05) is 6.54 Å². The SMILES string of the molecule is O=C(NCCc1ccccc1)c1nnn2c1CO[C@H](c1ccc(F)cc1)C2. The number of hydrogen-bond acceptors (Lipinski definition) is 4. The molecule has 1 amide bonds. The zero-order valence-electron chi connectivity index (χ0n) is 14.6. The van der Waals surface area contributed by atoms with Crippen molar-refractivity contribution in [3.63, 3.8) is 0 Å². The van der Waals surface area contributed by atoms with Crippen molar-refractivity contribution in [2.45, 2.75) is 25.7 Å². The largest absolute Gasteiger partial charge is 0.365 e. The van der Waals surface area contributed by atoms with Gasteiger partial charge in [-0.15, -0.1) is 5.10 Å². The molecule has 1 atom stereocenters. The molecule has 6 nitrogen and oxygen atoms in total. The Labute approximate surface area is 156 Å². The Balaban J connectivity index is 1.39. The van der Waals surface area contributed by atoms with Crippen molar-refractivity contribution in [1.29, 1.82) is 0 Å². The van der Waals surface area contributed by atoms with Gasteiger partial charge in [-0.2, -0.15) is 0 Å². The first kappa shape index (κ1) is 17.4. The number of carbonyl (C=O) groups is 1. The van der Waals surface area contributed by atoms with Crippen LogP contribution < -0.4 is 5.32 Å². The highest BCUT2D eigenvalue weighted by molar-refractivity contribution is 5.93. The van der Waals surface area contributed by atoms with Crippen LogP contribution in [0.2, 0.25) is 0 Å². The molecule has 1 N–H and O–H groups in total. The molecule has 0 unspecified atom stereocenters. The lowest BCUT2D eigenvalue weighted by Gasteiger charge is -2.24. The fourth-order valence-electron chi connectivity index (χ4n) is 3.12. The molecule has 7 heteroatoms. The van der Waals surface area contributed by atoms with Gasteiger partial charge >= 0.3 is 0 Å². The molecule has 1 aromatic heterocycles. The van der Waals surface area contributed by atoms with Crippen LogP contribution in [0.4, 0.5) is 4.39 Å². The minimum atomic E-state index is -0.287. The van der Waals surface area contributed by atoms with E-state index in [1.54, 1.807) is 16.8 Å². The van der Waals surface area contributed by atoms with E-state index in [0.29, 0.717) is 24.5 Å². The van der Waals surface area contributed by atoms with Gasteiger partial charge in [-0.05, 0) is 29.7 Å². The lowest BCUT2D eigenvalue weighted by atomic mass is 10.1. The molecule has 1 aliphatic rings. The molecule has 2 aromatic carbocycles. The molecule has 0 aliphatic carbocycles. The molecule has 0 saturated heterocycles. The number of nitrogens with zero attached hydrogens (tertiary/aromatic N) is 3. The highest BCUT2D eigenvalue weighted by Crippen LogP contribution is 2.27. The van der Waals surface area contributed by atoms with E-state index in [1.165, 1.54) is 12.1 Å². The van der Waals surface area contributed by atoms with Crippen LogP contribution in [0.5, 0.6) is 0 Å². The number of benzene rings is 2. The number of hydrogen-bond donors (Lipinski definition) is 1. The first-order valence-electron chi connectivity index (χ1n) is 8.82. The maximum atomic E-state index is 13.1. The first-order chi connectivity index (χ1) is 13.2. The summed E-state index contributed by atoms with van der Waals surface area (Å²) in [6, 6.07) is 16.2. The van der Waals surface area contributed by atoms with Gasteiger partial charge in [0.15, 0.2) is 5.69 Å². The number of ether oxygens (including phenoxy) is 1. The molecule has 0 radical (unpaired) electrons. The van der Waals surface area contributed by atoms with Crippen LogP contribution in [0.1, 0.15) is 33.4 Å². The summed E-state index contributed by atoms with van der Waals surface area (Å²) < 4.78 is 20.6. The molecule has 1 aliphatic heterocycles. The van der Waals surface area contributed by atoms with E-state index in [9.17, 15) is 9.18 Å². The number of rotatable bonds is 5. The smallest absolute Gasteiger partial charge is 0.273 e. The fraction of sp³-hybridized carbons (Fsp3) is 0.250. The van der Waals surface area contributed by atoms with Gasteiger partial charge in [0.1, 0.15) is 11.9 Å². The van der Waals surface area contributed by atoms with E-state index in [2.05, 4.69) is 15.6 Å². The van der Waals surface area contributed by atoms with E-state index < -0.39 is 0 Å². The Morgan fingerprint density at radius 2 is 1.96 bits per heavy atom. The normalized spacial score (nSPS) is 16.0. The molecule has 27 heavy (non-hydrogen) atoms. The number of amides is 1. The van der Waals surface area contributed by atoms with Crippen molar-refractivity contribution in [2.75, 3.05) is 6.54 Å². The van der Waals surface area contributed by atoms with Crippen LogP contribution in [0.15, 0.2) is 54.6 Å². The van der Waals surface area contributed by atoms with Gasteiger partial charge in [-0.1, -0.05) is 47.7 Å². The topological polar surface area (TPSA) is 69.0 Å². The number of carbonyl (C=O) groups excluding carboxylic acids is 1. The second-order valence-corrected chi connectivity index (χ2v) is 6.41. The maximum absolute atomic E-state index is 13.1. The summed E-state index contributed by atoms with van der Waals surface area (Å²) >= 11 is 0. The first-order valence-corrected chi connectivity index (χ1v) is 8.82. The quantitative estimate of drug-likeness (QED) is 0.754. The van der Waals surface area contributed by atoms with Gasteiger partial charge in [0.05, 0.1) is 18.8 Å². The Hall–Kier alpha value is -3.06. The number of fused-ring (bicyclic) bond motifs is 1. The van der Waals surface area contributed by atoms with E-state index in [-0.39, 0.29) is 24.4 Å². The Morgan fingerprint density at radius 1 is 1.19 bits per heavy atom. The summed E-state index contributed by atoms with van der Waals surface area (Å²) in [5, 5.41) is 11.0. The molecule has 0 fully saturated rings. The van der Waals surface area contributed by atoms with Crippen LogP contribution in [0.25, 0.3) is 0 Å². The van der Waals surface area contributed by atoms with Crippen molar-refractivity contribution in [3.05, 3.63) is 82.9 Å². The molecular weight excluding hydrogens is 347 g/mol. The second-order valence-electron chi connectivity index (χ2n) is 6.41. The second kappa shape index (κ2) is 7.67. The van der Waals surface area contributed by atoms with Crippen LogP contribution in [0.3, 0.4) is 0 Å². The Kier molecular flexibility index (Phi) is 4.93. The standard InChI is InChI=1S/C20H19FN4O2/c21-16-8-6-15(7-9-16)18-12-25-17(13-27-18)19(23-24-25)20(26)22-11-10-14-4-2-1-3-5-14/h1-9,18H,10-13H2,(H,22,26)/t18-/m0/s1. The van der Waals surface area contributed by atoms with Crippen molar-refractivity contribution < 1.29 is 13.9 Å². The van der Waals surface area contributed by atoms with E-state index >= 15 is 0 Å². The molecule has 2 heterocycles. The Morgan fingerprint density at radius 3 is 2.74 bits per heavy atom. The van der Waals surface area contributed by atoms with Gasteiger partial charge in [-0.3, -0.25) is 4.79 Å². The minimum Gasteiger partial charge on any atom is -0.365 e. The summed E-state index contributed by atoms with van der Waals surface area (Å²) in [6.07, 6.45) is 0.507. The number of halogens is 1. The van der Waals surface area contributed by atoms with Gasteiger partial charge < -0.3 is 10.1 Å². The summed E-state index contributed by atoms with van der Waals surface area (Å²) in [5.74, 6) is -0.540.